The fraction of sp³-hybridized carbons (Fsp3) is 0.276. The minimum atomic E-state index is -3.54. The fourth-order valence-electron chi connectivity index (χ4n) is 5.20. The average molecular weight is 604 g/mol. The number of anilines is 1. The maximum Gasteiger partial charge on any atom is 0.185 e. The summed E-state index contributed by atoms with van der Waals surface area (Å²) in [5.41, 5.74) is 2.61. The SMILES string of the molecule is COc1cc2[nH]c3ncnc(N4CCN(C(=S)Cc5ccc(S(=O)(=O)Cc6ncccn6)cc5)CC4)c3c2cc1OC. The van der Waals surface area contributed by atoms with Crippen LogP contribution in [-0.2, 0) is 22.0 Å². The zero-order valence-corrected chi connectivity index (χ0v) is 24.8. The predicted octanol–water partition coefficient (Wildman–Crippen LogP) is 3.58. The van der Waals surface area contributed by atoms with E-state index >= 15 is 0 Å². The Morgan fingerprint density at radius 3 is 2.33 bits per heavy atom. The predicted molar refractivity (Wildman–Crippen MR) is 164 cm³/mol. The first-order chi connectivity index (χ1) is 20.4. The summed E-state index contributed by atoms with van der Waals surface area (Å²) >= 11 is 5.80. The summed E-state index contributed by atoms with van der Waals surface area (Å²) in [6.07, 6.45) is 5.20. The van der Waals surface area contributed by atoms with Gasteiger partial charge in [0.2, 0.25) is 0 Å². The lowest BCUT2D eigenvalue weighted by Gasteiger charge is -2.37. The van der Waals surface area contributed by atoms with Gasteiger partial charge in [0.05, 0.1) is 35.0 Å². The van der Waals surface area contributed by atoms with Crippen molar-refractivity contribution in [1.29, 1.82) is 0 Å². The molecule has 6 rings (SSSR count). The molecule has 3 aromatic heterocycles. The third kappa shape index (κ3) is 5.44. The Bertz CT molecular complexity index is 1850. The van der Waals surface area contributed by atoms with Crippen LogP contribution < -0.4 is 14.4 Å². The largest absolute Gasteiger partial charge is 0.493 e. The number of fused-ring (bicyclic) bond motifs is 3. The van der Waals surface area contributed by atoms with Gasteiger partial charge in [-0.2, -0.15) is 0 Å². The molecule has 11 nitrogen and oxygen atoms in total. The normalized spacial score (nSPS) is 14.0. The molecule has 1 N–H and O–H groups in total. The van der Waals surface area contributed by atoms with E-state index in [1.165, 1.54) is 12.4 Å². The van der Waals surface area contributed by atoms with Gasteiger partial charge < -0.3 is 24.3 Å². The van der Waals surface area contributed by atoms with Gasteiger partial charge in [0.15, 0.2) is 21.3 Å². The van der Waals surface area contributed by atoms with Crippen molar-refractivity contribution < 1.29 is 17.9 Å². The highest BCUT2D eigenvalue weighted by molar-refractivity contribution is 7.90. The molecule has 0 radical (unpaired) electrons. The van der Waals surface area contributed by atoms with Gasteiger partial charge >= 0.3 is 0 Å². The Labute approximate surface area is 248 Å². The number of aromatic amines is 1. The summed E-state index contributed by atoms with van der Waals surface area (Å²) in [5.74, 6) is 2.18. The Morgan fingerprint density at radius 2 is 1.64 bits per heavy atom. The Hall–Kier alpha value is -4.36. The summed E-state index contributed by atoms with van der Waals surface area (Å²) in [6, 6.07) is 12.4. The van der Waals surface area contributed by atoms with Gasteiger partial charge in [-0.15, -0.1) is 0 Å². The van der Waals surface area contributed by atoms with Gasteiger partial charge in [0.1, 0.15) is 29.4 Å². The van der Waals surface area contributed by atoms with Crippen molar-refractivity contribution >= 4 is 54.8 Å². The van der Waals surface area contributed by atoms with Crippen LogP contribution in [0.3, 0.4) is 0 Å². The van der Waals surface area contributed by atoms with E-state index in [0.717, 1.165) is 64.5 Å². The summed E-state index contributed by atoms with van der Waals surface area (Å²) < 4.78 is 36.6. The third-order valence-electron chi connectivity index (χ3n) is 7.38. The maximum atomic E-state index is 12.8. The number of nitrogens with one attached hydrogen (secondary N) is 1. The van der Waals surface area contributed by atoms with E-state index in [9.17, 15) is 8.42 Å². The molecule has 4 heterocycles. The summed E-state index contributed by atoms with van der Waals surface area (Å²) in [5, 5.41) is 1.91. The van der Waals surface area contributed by atoms with Gasteiger partial charge in [-0.3, -0.25) is 0 Å². The van der Waals surface area contributed by atoms with Crippen LogP contribution in [0.1, 0.15) is 11.4 Å². The quantitative estimate of drug-likeness (QED) is 0.262. The van der Waals surface area contributed by atoms with Crippen molar-refractivity contribution in [2.75, 3.05) is 45.3 Å². The van der Waals surface area contributed by atoms with Crippen molar-refractivity contribution in [3.8, 4) is 11.5 Å². The van der Waals surface area contributed by atoms with E-state index in [0.29, 0.717) is 17.9 Å². The van der Waals surface area contributed by atoms with Gasteiger partial charge in [0, 0.05) is 56.4 Å². The lowest BCUT2D eigenvalue weighted by Crippen LogP contribution is -2.49. The van der Waals surface area contributed by atoms with E-state index in [4.69, 9.17) is 21.7 Å². The first-order valence-electron chi connectivity index (χ1n) is 13.3. The molecule has 0 saturated carbocycles. The molecule has 216 valence electrons. The molecule has 0 atom stereocenters. The van der Waals surface area contributed by atoms with E-state index < -0.39 is 9.84 Å². The van der Waals surface area contributed by atoms with Crippen LogP contribution in [0.15, 0.2) is 66.1 Å². The zero-order valence-electron chi connectivity index (χ0n) is 23.1. The lowest BCUT2D eigenvalue weighted by atomic mass is 10.1. The molecule has 5 aromatic rings. The van der Waals surface area contributed by atoms with Gasteiger partial charge in [-0.05, 0) is 29.8 Å². The van der Waals surface area contributed by atoms with Crippen LogP contribution in [0.5, 0.6) is 11.5 Å². The molecule has 1 fully saturated rings. The number of H-pyrrole nitrogens is 1. The van der Waals surface area contributed by atoms with Crippen molar-refractivity contribution in [2.45, 2.75) is 17.1 Å². The Morgan fingerprint density at radius 1 is 0.952 bits per heavy atom. The van der Waals surface area contributed by atoms with Crippen LogP contribution in [0, 0.1) is 0 Å². The Balaban J connectivity index is 1.12. The molecular weight excluding hydrogens is 574 g/mol. The van der Waals surface area contributed by atoms with Crippen molar-refractivity contribution in [3.63, 3.8) is 0 Å². The summed E-state index contributed by atoms with van der Waals surface area (Å²) in [7, 11) is -0.308. The second kappa shape index (κ2) is 11.5. The van der Waals surface area contributed by atoms with Crippen LogP contribution >= 0.6 is 12.2 Å². The van der Waals surface area contributed by atoms with Gasteiger partial charge in [0.25, 0.3) is 0 Å². The van der Waals surface area contributed by atoms with E-state index in [-0.39, 0.29) is 16.5 Å². The van der Waals surface area contributed by atoms with Crippen molar-refractivity contribution in [1.82, 2.24) is 29.8 Å². The van der Waals surface area contributed by atoms with Crippen LogP contribution in [0.25, 0.3) is 21.9 Å². The number of thiocarbonyl (C=S) groups is 1. The number of piperazine rings is 1. The molecule has 0 amide bonds. The minimum Gasteiger partial charge on any atom is -0.493 e. The number of hydrogen-bond donors (Lipinski definition) is 1. The molecule has 1 aliphatic heterocycles. The van der Waals surface area contributed by atoms with Gasteiger partial charge in [-0.1, -0.05) is 24.4 Å². The molecule has 0 bridgehead atoms. The highest BCUT2D eigenvalue weighted by Gasteiger charge is 2.24. The van der Waals surface area contributed by atoms with Crippen molar-refractivity contribution in [2.24, 2.45) is 0 Å². The molecule has 1 aliphatic rings. The highest BCUT2D eigenvalue weighted by atomic mass is 32.2. The van der Waals surface area contributed by atoms with Crippen molar-refractivity contribution in [3.05, 3.63) is 72.6 Å². The number of hydrogen-bond acceptors (Lipinski definition) is 10. The number of nitrogens with zero attached hydrogens (tertiary/aromatic N) is 6. The number of sulfone groups is 1. The monoisotopic (exact) mass is 603 g/mol. The topological polar surface area (TPSA) is 126 Å². The van der Waals surface area contributed by atoms with E-state index in [1.54, 1.807) is 38.7 Å². The summed E-state index contributed by atoms with van der Waals surface area (Å²) in [6.45, 7) is 2.97. The number of ether oxygens (including phenoxy) is 2. The summed E-state index contributed by atoms with van der Waals surface area (Å²) in [4.78, 5) is 26.1. The number of methoxy groups -OCH3 is 2. The second-order valence-corrected chi connectivity index (χ2v) is 12.4. The first-order valence-corrected chi connectivity index (χ1v) is 15.4. The smallest absolute Gasteiger partial charge is 0.185 e. The average Bonchev–Trinajstić information content (AvgIpc) is 3.38. The molecular formula is C29H29N7O4S2. The maximum absolute atomic E-state index is 12.8. The van der Waals surface area contributed by atoms with Crippen LogP contribution in [-0.4, -0.2) is 83.6 Å². The molecule has 0 unspecified atom stereocenters. The second-order valence-electron chi connectivity index (χ2n) is 9.91. The molecule has 1 saturated heterocycles. The number of aromatic nitrogens is 5. The number of benzene rings is 2. The van der Waals surface area contributed by atoms with E-state index in [1.807, 2.05) is 24.3 Å². The molecule has 42 heavy (non-hydrogen) atoms. The van der Waals surface area contributed by atoms with Crippen LogP contribution in [0.2, 0.25) is 0 Å². The highest BCUT2D eigenvalue weighted by Crippen LogP contribution is 2.38. The standard InChI is InChI=1S/C29H29N7O4S2/c1-39-23-15-21-22(16-24(23)40-2)34-28-27(21)29(33-18-32-28)36-12-10-35(11-13-36)26(41)14-19-4-6-20(7-5-19)42(37,38)17-25-30-8-3-9-31-25/h3-9,15-16,18H,10-14,17H2,1-2H3,(H,32,33,34). The van der Waals surface area contributed by atoms with Gasteiger partial charge in [-0.25, -0.2) is 28.4 Å². The minimum absolute atomic E-state index is 0.239. The van der Waals surface area contributed by atoms with E-state index in [2.05, 4.69) is 34.7 Å². The number of rotatable bonds is 8. The molecule has 2 aromatic carbocycles. The van der Waals surface area contributed by atoms with Crippen LogP contribution in [0.4, 0.5) is 5.82 Å². The molecule has 13 heteroatoms. The zero-order chi connectivity index (χ0) is 29.3. The Kier molecular flexibility index (Phi) is 7.60. The first kappa shape index (κ1) is 27.8. The lowest BCUT2D eigenvalue weighted by molar-refractivity contribution is 0.356. The fourth-order valence-corrected chi connectivity index (χ4v) is 6.76. The third-order valence-corrected chi connectivity index (χ3v) is 9.41. The molecule has 0 aliphatic carbocycles. The molecule has 0 spiro atoms.